The maximum atomic E-state index is 14.1. The average Bonchev–Trinajstić information content (AvgIpc) is 3.18. The van der Waals surface area contributed by atoms with Gasteiger partial charge in [0.05, 0.1) is 5.69 Å². The summed E-state index contributed by atoms with van der Waals surface area (Å²) in [5.41, 5.74) is 13.9. The number of aryl methyl sites for hydroxylation is 1. The Kier molecular flexibility index (Phi) is 7.83. The molecule has 0 saturated heterocycles. The molecule has 3 rings (SSSR count). The summed E-state index contributed by atoms with van der Waals surface area (Å²) in [6, 6.07) is 13.9. The van der Waals surface area contributed by atoms with Crippen molar-refractivity contribution in [3.63, 3.8) is 0 Å². The highest BCUT2D eigenvalue weighted by atomic mass is 32.1. The van der Waals surface area contributed by atoms with Gasteiger partial charge in [0.1, 0.15) is 10.9 Å². The first-order valence-corrected chi connectivity index (χ1v) is 12.4. The number of carbonyl (C=O) groups excluding carboxylic acids is 3. The molecule has 3 aromatic rings. The highest BCUT2D eigenvalue weighted by Crippen LogP contribution is 2.34. The lowest BCUT2D eigenvalue weighted by molar-refractivity contribution is -0.123. The summed E-state index contributed by atoms with van der Waals surface area (Å²) in [6.45, 7) is 11.7. The zero-order valence-electron chi connectivity index (χ0n) is 21.5. The van der Waals surface area contributed by atoms with Gasteiger partial charge in [-0.15, -0.1) is 0 Å². The second kappa shape index (κ2) is 10.5. The number of nitrogens with two attached hydrogens (primary N) is 2. The zero-order valence-corrected chi connectivity index (χ0v) is 22.3. The number of anilines is 2. The van der Waals surface area contributed by atoms with Crippen LogP contribution >= 0.6 is 11.5 Å². The number of aromatic nitrogens is 1. The monoisotopic (exact) mass is 507 g/mol. The molecule has 8 nitrogen and oxygen atoms in total. The van der Waals surface area contributed by atoms with Crippen LogP contribution in [-0.4, -0.2) is 27.6 Å². The van der Waals surface area contributed by atoms with E-state index in [0.717, 1.165) is 22.7 Å². The maximum Gasteiger partial charge on any atom is 0.273 e. The molecule has 0 fully saturated rings. The molecular formula is C27H33N5O3S. The number of nitrogens with one attached hydrogen (secondary N) is 1. The molecule has 0 saturated carbocycles. The summed E-state index contributed by atoms with van der Waals surface area (Å²) >= 11 is 0.785. The number of hydrogen-bond donors (Lipinski definition) is 3. The molecule has 0 bridgehead atoms. The van der Waals surface area contributed by atoms with Gasteiger partial charge in [-0.25, -0.2) is 0 Å². The number of benzene rings is 2. The van der Waals surface area contributed by atoms with Crippen molar-refractivity contribution in [1.29, 1.82) is 0 Å². The van der Waals surface area contributed by atoms with Crippen molar-refractivity contribution in [3.8, 4) is 0 Å². The molecule has 3 amide bonds. The molecule has 0 radical (unpaired) electrons. The van der Waals surface area contributed by atoms with Gasteiger partial charge in [0.15, 0.2) is 5.69 Å². The Bertz CT molecular complexity index is 1260. The molecule has 0 aliphatic carbocycles. The minimum atomic E-state index is -1.01. The Balaban J connectivity index is 2.23. The third kappa shape index (κ3) is 5.91. The van der Waals surface area contributed by atoms with E-state index >= 15 is 0 Å². The molecule has 0 aliphatic heterocycles. The smallest absolute Gasteiger partial charge is 0.273 e. The molecule has 9 heteroatoms. The Morgan fingerprint density at radius 1 is 0.972 bits per heavy atom. The predicted molar refractivity (Wildman–Crippen MR) is 144 cm³/mol. The van der Waals surface area contributed by atoms with Crippen LogP contribution in [0, 0.1) is 6.92 Å². The van der Waals surface area contributed by atoms with Crippen molar-refractivity contribution < 1.29 is 14.4 Å². The van der Waals surface area contributed by atoms with Crippen molar-refractivity contribution in [2.24, 2.45) is 5.73 Å². The summed E-state index contributed by atoms with van der Waals surface area (Å²) in [5.74, 6) is -1.44. The number of primary amides is 1. The Labute approximate surface area is 215 Å². The molecule has 0 aliphatic rings. The number of amides is 3. The second-order valence-electron chi connectivity index (χ2n) is 10.1. The number of hydrogen-bond acceptors (Lipinski definition) is 6. The number of nitrogen functional groups attached to an aromatic ring is 1. The van der Waals surface area contributed by atoms with E-state index in [4.69, 9.17) is 11.5 Å². The molecular weight excluding hydrogens is 474 g/mol. The first-order chi connectivity index (χ1) is 16.8. The van der Waals surface area contributed by atoms with E-state index in [1.807, 2.05) is 76.2 Å². The zero-order chi connectivity index (χ0) is 26.8. The van der Waals surface area contributed by atoms with Crippen LogP contribution in [0.1, 0.15) is 83.4 Å². The van der Waals surface area contributed by atoms with Crippen molar-refractivity contribution in [2.45, 2.75) is 59.0 Å². The van der Waals surface area contributed by atoms with E-state index in [-0.39, 0.29) is 28.1 Å². The summed E-state index contributed by atoms with van der Waals surface area (Å²) in [4.78, 5) is 41.0. The van der Waals surface area contributed by atoms with Crippen LogP contribution in [0.2, 0.25) is 0 Å². The third-order valence-corrected chi connectivity index (χ3v) is 6.46. The van der Waals surface area contributed by atoms with E-state index < -0.39 is 23.4 Å². The molecule has 5 N–H and O–H groups in total. The van der Waals surface area contributed by atoms with Gasteiger partial charge in [-0.05, 0) is 68.4 Å². The van der Waals surface area contributed by atoms with Crippen molar-refractivity contribution in [2.75, 3.05) is 10.6 Å². The van der Waals surface area contributed by atoms with Gasteiger partial charge in [0.2, 0.25) is 5.91 Å². The molecule has 2 aromatic carbocycles. The summed E-state index contributed by atoms with van der Waals surface area (Å²) in [7, 11) is 0. The number of rotatable bonds is 7. The van der Waals surface area contributed by atoms with Gasteiger partial charge >= 0.3 is 0 Å². The predicted octanol–water partition coefficient (Wildman–Crippen LogP) is 4.56. The molecule has 1 unspecified atom stereocenters. The minimum Gasteiger partial charge on any atom is -0.395 e. The lowest BCUT2D eigenvalue weighted by Crippen LogP contribution is -2.49. The van der Waals surface area contributed by atoms with E-state index in [0.29, 0.717) is 11.3 Å². The maximum absolute atomic E-state index is 14.1. The van der Waals surface area contributed by atoms with Crippen LogP contribution in [0.5, 0.6) is 0 Å². The highest BCUT2D eigenvalue weighted by molar-refractivity contribution is 7.09. The van der Waals surface area contributed by atoms with Crippen LogP contribution in [0.15, 0.2) is 48.5 Å². The fourth-order valence-corrected chi connectivity index (χ4v) is 4.49. The summed E-state index contributed by atoms with van der Waals surface area (Å²) in [6.07, 6.45) is 0. The fourth-order valence-electron chi connectivity index (χ4n) is 3.75. The minimum absolute atomic E-state index is 0.0393. The normalized spacial score (nSPS) is 12.3. The van der Waals surface area contributed by atoms with Crippen LogP contribution in [0.4, 0.5) is 11.4 Å². The molecule has 36 heavy (non-hydrogen) atoms. The van der Waals surface area contributed by atoms with Crippen molar-refractivity contribution >= 4 is 40.6 Å². The molecule has 1 heterocycles. The van der Waals surface area contributed by atoms with Crippen molar-refractivity contribution in [3.05, 3.63) is 75.8 Å². The van der Waals surface area contributed by atoms with Crippen LogP contribution < -0.4 is 21.7 Å². The Morgan fingerprint density at radius 2 is 1.53 bits per heavy atom. The lowest BCUT2D eigenvalue weighted by atomic mass is 9.98. The lowest BCUT2D eigenvalue weighted by Gasteiger charge is -2.33. The van der Waals surface area contributed by atoms with Gasteiger partial charge in [-0.3, -0.25) is 19.3 Å². The van der Waals surface area contributed by atoms with Gasteiger partial charge in [0.25, 0.3) is 11.8 Å². The topological polar surface area (TPSA) is 131 Å². The molecule has 190 valence electrons. The Hall–Kier alpha value is -3.72. The first kappa shape index (κ1) is 26.9. The standard InChI is InChI=1S/C27H33N5O3S/c1-15(2)17-11-13-19(14-12-17)32(26(35)23-20(28)21(24(29)33)31-36-23)22(25(34)30-27(4,5)6)18-9-7-16(3)8-10-18/h7-15,22H,28H2,1-6H3,(H2,29,33)(H,30,34). The summed E-state index contributed by atoms with van der Waals surface area (Å²) < 4.78 is 3.99. The third-order valence-electron chi connectivity index (χ3n) is 5.61. The van der Waals surface area contributed by atoms with E-state index in [9.17, 15) is 14.4 Å². The highest BCUT2D eigenvalue weighted by Gasteiger charge is 2.37. The SMILES string of the molecule is Cc1ccc(C(C(=O)NC(C)(C)C)N(C(=O)c2snc(C(N)=O)c2N)c2ccc(C(C)C)cc2)cc1. The fraction of sp³-hybridized carbons (Fsp3) is 0.333. The molecule has 0 spiro atoms. The van der Waals surface area contributed by atoms with Crippen LogP contribution in [0.3, 0.4) is 0 Å². The van der Waals surface area contributed by atoms with E-state index in [1.54, 1.807) is 0 Å². The number of nitrogens with zero attached hydrogens (tertiary/aromatic N) is 2. The first-order valence-electron chi connectivity index (χ1n) is 11.7. The van der Waals surface area contributed by atoms with E-state index in [2.05, 4.69) is 23.5 Å². The summed E-state index contributed by atoms with van der Waals surface area (Å²) in [5, 5.41) is 3.01. The van der Waals surface area contributed by atoms with Crippen molar-refractivity contribution in [1.82, 2.24) is 9.69 Å². The second-order valence-corrected chi connectivity index (χ2v) is 10.9. The van der Waals surface area contributed by atoms with Gasteiger partial charge in [-0.1, -0.05) is 55.8 Å². The average molecular weight is 508 g/mol. The molecule has 1 atom stereocenters. The quantitative estimate of drug-likeness (QED) is 0.431. The van der Waals surface area contributed by atoms with Gasteiger partial charge in [-0.2, -0.15) is 4.37 Å². The van der Waals surface area contributed by atoms with E-state index in [1.165, 1.54) is 4.90 Å². The van der Waals surface area contributed by atoms with Gasteiger partial charge in [0, 0.05) is 11.2 Å². The van der Waals surface area contributed by atoms with Crippen LogP contribution in [-0.2, 0) is 4.79 Å². The van der Waals surface area contributed by atoms with Gasteiger partial charge < -0.3 is 16.8 Å². The number of carbonyl (C=O) groups is 3. The van der Waals surface area contributed by atoms with Crippen LogP contribution in [0.25, 0.3) is 0 Å². The molecule has 1 aromatic heterocycles. The Morgan fingerprint density at radius 3 is 2.00 bits per heavy atom. The largest absolute Gasteiger partial charge is 0.395 e.